The van der Waals surface area contributed by atoms with Gasteiger partial charge in [-0.25, -0.2) is 4.39 Å². The summed E-state index contributed by atoms with van der Waals surface area (Å²) < 4.78 is 13.7. The number of piperidine rings is 1. The maximum Gasteiger partial charge on any atom is 0.231 e. The summed E-state index contributed by atoms with van der Waals surface area (Å²) >= 11 is 6.29. The number of nitrogens with zero attached hydrogens (tertiary/aromatic N) is 1. The van der Waals surface area contributed by atoms with Crippen LogP contribution in [0.3, 0.4) is 0 Å². The molecule has 5 rings (SSSR count). The maximum absolute atomic E-state index is 13.7. The van der Waals surface area contributed by atoms with Crippen LogP contribution in [0.1, 0.15) is 42.9 Å². The van der Waals surface area contributed by atoms with E-state index in [1.54, 1.807) is 19.1 Å². The molecule has 2 N–H and O–H groups in total. The third kappa shape index (κ3) is 5.87. The molecule has 5 nitrogen and oxygen atoms in total. The lowest BCUT2D eigenvalue weighted by Crippen LogP contribution is -2.53. The first-order chi connectivity index (χ1) is 18.8. The highest BCUT2D eigenvalue weighted by Crippen LogP contribution is 2.55. The highest BCUT2D eigenvalue weighted by molar-refractivity contribution is 6.31. The molecule has 2 amide bonds. The summed E-state index contributed by atoms with van der Waals surface area (Å²) in [6.07, 6.45) is 2.97. The van der Waals surface area contributed by atoms with Crippen LogP contribution in [-0.4, -0.2) is 42.9 Å². The van der Waals surface area contributed by atoms with Crippen LogP contribution in [0, 0.1) is 11.7 Å². The number of carbonyl (C=O) groups excluding carboxylic acids is 2. The van der Waals surface area contributed by atoms with Crippen molar-refractivity contribution < 1.29 is 14.0 Å². The van der Waals surface area contributed by atoms with Gasteiger partial charge in [0.1, 0.15) is 5.82 Å². The van der Waals surface area contributed by atoms with Gasteiger partial charge in [0.15, 0.2) is 0 Å². The molecule has 1 aliphatic heterocycles. The summed E-state index contributed by atoms with van der Waals surface area (Å²) in [6, 6.07) is 24.2. The number of nitrogens with one attached hydrogen (secondary N) is 2. The molecule has 2 fully saturated rings. The number of hydrogen-bond donors (Lipinski definition) is 2. The Bertz CT molecular complexity index is 1310. The lowest BCUT2D eigenvalue weighted by Gasteiger charge is -2.43. The fourth-order valence-electron chi connectivity index (χ4n) is 6.24. The van der Waals surface area contributed by atoms with Crippen molar-refractivity contribution >= 4 is 23.4 Å². The Balaban J connectivity index is 1.26. The summed E-state index contributed by atoms with van der Waals surface area (Å²) in [5.41, 5.74) is 1.94. The molecule has 204 valence electrons. The number of rotatable bonds is 9. The molecular formula is C32H35ClFN3O2. The first-order valence-corrected chi connectivity index (χ1v) is 14.0. The molecule has 2 atom stereocenters. The summed E-state index contributed by atoms with van der Waals surface area (Å²) in [5.74, 6) is -0.219. The van der Waals surface area contributed by atoms with Crippen molar-refractivity contribution in [2.24, 2.45) is 5.92 Å². The second kappa shape index (κ2) is 11.5. The molecule has 2 aliphatic rings. The number of carbonyl (C=O) groups is 2. The highest BCUT2D eigenvalue weighted by Gasteiger charge is 2.61. The molecule has 1 heterocycles. The Morgan fingerprint density at radius 2 is 1.62 bits per heavy atom. The Morgan fingerprint density at radius 1 is 0.949 bits per heavy atom. The van der Waals surface area contributed by atoms with Crippen LogP contribution in [0.15, 0.2) is 78.9 Å². The van der Waals surface area contributed by atoms with Crippen LogP contribution in [0.25, 0.3) is 0 Å². The van der Waals surface area contributed by atoms with Gasteiger partial charge in [-0.3, -0.25) is 9.59 Å². The van der Waals surface area contributed by atoms with Crippen LogP contribution in [0.2, 0.25) is 5.02 Å². The first-order valence-electron chi connectivity index (χ1n) is 13.7. The first kappa shape index (κ1) is 27.4. The second-order valence-electron chi connectivity index (χ2n) is 10.9. The lowest BCUT2D eigenvalue weighted by atomic mass is 9.80. The van der Waals surface area contributed by atoms with Gasteiger partial charge in [-0.15, -0.1) is 0 Å². The van der Waals surface area contributed by atoms with E-state index in [0.29, 0.717) is 18.0 Å². The van der Waals surface area contributed by atoms with Gasteiger partial charge in [-0.1, -0.05) is 72.3 Å². The molecule has 7 heteroatoms. The largest absolute Gasteiger partial charge is 0.355 e. The van der Waals surface area contributed by atoms with E-state index in [2.05, 4.69) is 27.7 Å². The van der Waals surface area contributed by atoms with Gasteiger partial charge in [0, 0.05) is 38.1 Å². The van der Waals surface area contributed by atoms with E-state index in [-0.39, 0.29) is 29.1 Å². The van der Waals surface area contributed by atoms with Crippen molar-refractivity contribution in [1.82, 2.24) is 15.5 Å². The van der Waals surface area contributed by atoms with E-state index in [1.165, 1.54) is 12.1 Å². The van der Waals surface area contributed by atoms with Gasteiger partial charge in [-0.05, 0) is 66.5 Å². The summed E-state index contributed by atoms with van der Waals surface area (Å²) in [5, 5.41) is 7.07. The predicted octanol–water partition coefficient (Wildman–Crippen LogP) is 5.22. The molecule has 0 radical (unpaired) electrons. The van der Waals surface area contributed by atoms with Crippen LogP contribution >= 0.6 is 11.6 Å². The van der Waals surface area contributed by atoms with E-state index < -0.39 is 5.41 Å². The van der Waals surface area contributed by atoms with Crippen LogP contribution < -0.4 is 10.6 Å². The van der Waals surface area contributed by atoms with Crippen LogP contribution in [0.5, 0.6) is 0 Å². The molecule has 1 aliphatic carbocycles. The SMILES string of the molecule is CC(=O)NC1(c2ccccc2)CCN(C[C@@H]2C[C@@]2(C(=O)NCCc2ccccc2Cl)c2ccc(F)cc2)CC1. The van der Waals surface area contributed by atoms with Crippen molar-refractivity contribution in [2.45, 2.75) is 43.6 Å². The molecule has 39 heavy (non-hydrogen) atoms. The molecular weight excluding hydrogens is 513 g/mol. The Hall–Kier alpha value is -3.22. The zero-order valence-corrected chi connectivity index (χ0v) is 23.0. The fourth-order valence-corrected chi connectivity index (χ4v) is 6.47. The summed E-state index contributed by atoms with van der Waals surface area (Å²) in [6.45, 7) is 4.47. The molecule has 0 spiro atoms. The molecule has 0 aromatic heterocycles. The molecule has 0 unspecified atom stereocenters. The van der Waals surface area contributed by atoms with Gasteiger partial charge < -0.3 is 15.5 Å². The van der Waals surface area contributed by atoms with Crippen molar-refractivity contribution in [2.75, 3.05) is 26.2 Å². The lowest BCUT2D eigenvalue weighted by molar-refractivity contribution is -0.124. The van der Waals surface area contributed by atoms with E-state index in [0.717, 1.165) is 55.6 Å². The minimum Gasteiger partial charge on any atom is -0.355 e. The molecule has 3 aromatic carbocycles. The van der Waals surface area contributed by atoms with Crippen molar-refractivity contribution in [1.29, 1.82) is 0 Å². The van der Waals surface area contributed by atoms with E-state index in [4.69, 9.17) is 11.6 Å². The zero-order chi connectivity index (χ0) is 27.5. The topological polar surface area (TPSA) is 61.4 Å². The van der Waals surface area contributed by atoms with Gasteiger partial charge in [0.2, 0.25) is 11.8 Å². The highest BCUT2D eigenvalue weighted by atomic mass is 35.5. The second-order valence-corrected chi connectivity index (χ2v) is 11.3. The van der Waals surface area contributed by atoms with E-state index in [9.17, 15) is 14.0 Å². The Labute approximate surface area is 234 Å². The molecule has 3 aromatic rings. The molecule has 1 saturated heterocycles. The molecule has 1 saturated carbocycles. The number of hydrogen-bond acceptors (Lipinski definition) is 3. The van der Waals surface area contributed by atoms with Gasteiger partial charge in [0.25, 0.3) is 0 Å². The standard InChI is InChI=1S/C32H35ClFN3O2/c1-23(38)36-31(25-8-3-2-4-9-25)16-19-37(20-17-31)22-27-21-32(27,26-11-13-28(34)14-12-26)30(39)35-18-15-24-7-5-6-10-29(24)33/h2-14,27H,15-22H2,1H3,(H,35,39)(H,36,38)/t27-,32+/m0/s1. The Morgan fingerprint density at radius 3 is 2.28 bits per heavy atom. The Kier molecular flexibility index (Phi) is 8.06. The smallest absolute Gasteiger partial charge is 0.231 e. The minimum absolute atomic E-state index is 0.0138. The van der Waals surface area contributed by atoms with Crippen molar-refractivity contribution in [3.63, 3.8) is 0 Å². The fraction of sp³-hybridized carbons (Fsp3) is 0.375. The van der Waals surface area contributed by atoms with Gasteiger partial charge in [-0.2, -0.15) is 0 Å². The number of likely N-dealkylation sites (tertiary alicyclic amines) is 1. The summed E-state index contributed by atoms with van der Waals surface area (Å²) in [7, 11) is 0. The van der Waals surface area contributed by atoms with Gasteiger partial charge >= 0.3 is 0 Å². The maximum atomic E-state index is 13.7. The van der Waals surface area contributed by atoms with Crippen molar-refractivity contribution in [3.05, 3.63) is 106 Å². The van der Waals surface area contributed by atoms with Crippen LogP contribution in [0.4, 0.5) is 4.39 Å². The zero-order valence-electron chi connectivity index (χ0n) is 22.3. The summed E-state index contributed by atoms with van der Waals surface area (Å²) in [4.78, 5) is 28.1. The number of benzene rings is 3. The predicted molar refractivity (Wildman–Crippen MR) is 152 cm³/mol. The quantitative estimate of drug-likeness (QED) is 0.386. The minimum atomic E-state index is -0.667. The average Bonchev–Trinajstić information content (AvgIpc) is 3.66. The molecule has 0 bridgehead atoms. The normalized spacial score (nSPS) is 22.2. The number of amides is 2. The van der Waals surface area contributed by atoms with Gasteiger partial charge in [0.05, 0.1) is 11.0 Å². The monoisotopic (exact) mass is 547 g/mol. The third-order valence-electron chi connectivity index (χ3n) is 8.44. The van der Waals surface area contributed by atoms with E-state index in [1.807, 2.05) is 42.5 Å². The van der Waals surface area contributed by atoms with Crippen molar-refractivity contribution in [3.8, 4) is 0 Å². The number of halogens is 2. The van der Waals surface area contributed by atoms with E-state index >= 15 is 0 Å². The average molecular weight is 548 g/mol. The van der Waals surface area contributed by atoms with Crippen LogP contribution in [-0.2, 0) is 27.0 Å². The third-order valence-corrected chi connectivity index (χ3v) is 8.81.